The molecule has 0 radical (unpaired) electrons. The molecule has 9 heteroatoms. The number of aliphatic carboxylic acids is 1. The van der Waals surface area contributed by atoms with E-state index in [4.69, 9.17) is 0 Å². The van der Waals surface area contributed by atoms with Crippen LogP contribution in [0.1, 0.15) is 30.4 Å². The minimum atomic E-state index is -4.00. The van der Waals surface area contributed by atoms with Crippen molar-refractivity contribution in [1.29, 1.82) is 0 Å². The van der Waals surface area contributed by atoms with Crippen molar-refractivity contribution in [2.45, 2.75) is 38.0 Å². The number of benzene rings is 1. The maximum Gasteiger partial charge on any atom is 0.311 e. The molecule has 136 valence electrons. The summed E-state index contributed by atoms with van der Waals surface area (Å²) in [6.45, 7) is 3.09. The van der Waals surface area contributed by atoms with Gasteiger partial charge in [-0.1, -0.05) is 6.42 Å². The second-order valence-electron chi connectivity index (χ2n) is 7.01. The standard InChI is InChI=1S/C16H20N2O6S/c1-10-6-13(18(21)22)11(2)14(7-10)25(23,24)17-8-12-4-3-5-16(12,9-17)15(19)20/h6-7,12H,3-5,8-9H2,1-2H3,(H,19,20)/t12-,16+/m0/s1. The molecule has 0 spiro atoms. The fourth-order valence-corrected chi connectivity index (χ4v) is 6.06. The third-order valence-corrected chi connectivity index (χ3v) is 7.49. The van der Waals surface area contributed by atoms with Crippen molar-refractivity contribution in [3.8, 4) is 0 Å². The Morgan fingerprint density at radius 2 is 2.08 bits per heavy atom. The van der Waals surface area contributed by atoms with E-state index < -0.39 is 26.3 Å². The molecular formula is C16H20N2O6S. The molecule has 2 fully saturated rings. The lowest BCUT2D eigenvalue weighted by atomic mass is 9.81. The fourth-order valence-electron chi connectivity index (χ4n) is 4.18. The average Bonchev–Trinajstić information content (AvgIpc) is 3.07. The molecule has 1 aromatic carbocycles. The van der Waals surface area contributed by atoms with E-state index in [1.165, 1.54) is 23.4 Å². The highest BCUT2D eigenvalue weighted by Crippen LogP contribution is 2.50. The van der Waals surface area contributed by atoms with Crippen LogP contribution in [0.3, 0.4) is 0 Å². The molecule has 25 heavy (non-hydrogen) atoms. The van der Waals surface area contributed by atoms with Gasteiger partial charge in [-0.2, -0.15) is 4.31 Å². The lowest BCUT2D eigenvalue weighted by molar-refractivity contribution is -0.385. The van der Waals surface area contributed by atoms with Crippen molar-refractivity contribution < 1.29 is 23.2 Å². The van der Waals surface area contributed by atoms with Gasteiger partial charge in [-0.25, -0.2) is 8.42 Å². The number of fused-ring (bicyclic) bond motifs is 1. The molecular weight excluding hydrogens is 348 g/mol. The van der Waals surface area contributed by atoms with Crippen LogP contribution in [0.5, 0.6) is 0 Å². The monoisotopic (exact) mass is 368 g/mol. The number of nitrogens with zero attached hydrogens (tertiary/aromatic N) is 2. The lowest BCUT2D eigenvalue weighted by Crippen LogP contribution is -2.37. The molecule has 1 aliphatic carbocycles. The van der Waals surface area contributed by atoms with Gasteiger partial charge in [0.05, 0.1) is 15.2 Å². The van der Waals surface area contributed by atoms with Gasteiger partial charge < -0.3 is 5.11 Å². The van der Waals surface area contributed by atoms with Crippen LogP contribution in [0.4, 0.5) is 5.69 Å². The molecule has 1 aromatic rings. The van der Waals surface area contributed by atoms with E-state index in [0.717, 1.165) is 6.42 Å². The Kier molecular flexibility index (Phi) is 4.11. The summed E-state index contributed by atoms with van der Waals surface area (Å²) in [6, 6.07) is 2.75. The third kappa shape index (κ3) is 2.62. The van der Waals surface area contributed by atoms with Crippen LogP contribution in [0, 0.1) is 35.3 Å². The maximum absolute atomic E-state index is 13.1. The van der Waals surface area contributed by atoms with E-state index in [0.29, 0.717) is 18.4 Å². The largest absolute Gasteiger partial charge is 0.481 e. The van der Waals surface area contributed by atoms with Crippen LogP contribution in [0.15, 0.2) is 17.0 Å². The number of nitro benzene ring substituents is 1. The minimum Gasteiger partial charge on any atom is -0.481 e. The highest BCUT2D eigenvalue weighted by Gasteiger charge is 2.57. The summed E-state index contributed by atoms with van der Waals surface area (Å²) in [5.74, 6) is -1.17. The summed E-state index contributed by atoms with van der Waals surface area (Å²) < 4.78 is 27.4. The van der Waals surface area contributed by atoms with Crippen molar-refractivity contribution in [3.63, 3.8) is 0 Å². The van der Waals surface area contributed by atoms with Gasteiger partial charge in [-0.05, 0) is 44.2 Å². The number of aryl methyl sites for hydroxylation is 1. The van der Waals surface area contributed by atoms with Crippen molar-refractivity contribution >= 4 is 21.7 Å². The summed E-state index contributed by atoms with van der Waals surface area (Å²) in [6.07, 6.45) is 1.93. The Labute approximate surface area is 145 Å². The molecule has 1 N–H and O–H groups in total. The first-order chi connectivity index (χ1) is 11.6. The molecule has 1 saturated carbocycles. The minimum absolute atomic E-state index is 0.0729. The van der Waals surface area contributed by atoms with Gasteiger partial charge in [0.25, 0.3) is 5.69 Å². The number of hydrogen-bond acceptors (Lipinski definition) is 5. The molecule has 3 rings (SSSR count). The van der Waals surface area contributed by atoms with E-state index >= 15 is 0 Å². The van der Waals surface area contributed by atoms with Crippen molar-refractivity contribution in [2.24, 2.45) is 11.3 Å². The first kappa shape index (κ1) is 17.8. The summed E-state index contributed by atoms with van der Waals surface area (Å²) in [5.41, 5.74) is -0.720. The molecule has 1 heterocycles. The van der Waals surface area contributed by atoms with E-state index in [9.17, 15) is 28.4 Å². The average molecular weight is 368 g/mol. The normalized spacial score (nSPS) is 26.6. The Balaban J connectivity index is 2.05. The van der Waals surface area contributed by atoms with E-state index in [-0.39, 0.29) is 35.2 Å². The molecule has 8 nitrogen and oxygen atoms in total. The third-order valence-electron chi connectivity index (χ3n) is 5.56. The first-order valence-electron chi connectivity index (χ1n) is 8.09. The Morgan fingerprint density at radius 3 is 2.64 bits per heavy atom. The van der Waals surface area contributed by atoms with Gasteiger partial charge in [0.15, 0.2) is 0 Å². The molecule has 1 aliphatic heterocycles. The second-order valence-corrected chi connectivity index (χ2v) is 8.92. The summed E-state index contributed by atoms with van der Waals surface area (Å²) in [7, 11) is -4.00. The highest BCUT2D eigenvalue weighted by atomic mass is 32.2. The summed E-state index contributed by atoms with van der Waals surface area (Å²) >= 11 is 0. The number of carbonyl (C=O) groups is 1. The SMILES string of the molecule is Cc1cc([N+](=O)[O-])c(C)c(S(=O)(=O)N2C[C@@H]3CCC[C@@]3(C(=O)O)C2)c1. The maximum atomic E-state index is 13.1. The van der Waals surface area contributed by atoms with Crippen LogP contribution in [0.2, 0.25) is 0 Å². The molecule has 2 atom stereocenters. The van der Waals surface area contributed by atoms with Gasteiger partial charge in [-0.3, -0.25) is 14.9 Å². The lowest BCUT2D eigenvalue weighted by Gasteiger charge is -2.23. The first-order valence-corrected chi connectivity index (χ1v) is 9.53. The van der Waals surface area contributed by atoms with Gasteiger partial charge in [0, 0.05) is 24.7 Å². The van der Waals surface area contributed by atoms with Gasteiger partial charge in [0.2, 0.25) is 10.0 Å². The highest BCUT2D eigenvalue weighted by molar-refractivity contribution is 7.89. The zero-order chi connectivity index (χ0) is 18.6. The fraction of sp³-hybridized carbons (Fsp3) is 0.562. The predicted octanol–water partition coefficient (Wildman–Crippen LogP) is 2.09. The Bertz CT molecular complexity index is 866. The molecule has 0 bridgehead atoms. The molecule has 0 amide bonds. The van der Waals surface area contributed by atoms with Crippen LogP contribution in [-0.4, -0.2) is 41.8 Å². The quantitative estimate of drug-likeness (QED) is 0.642. The van der Waals surface area contributed by atoms with Gasteiger partial charge in [-0.15, -0.1) is 0 Å². The number of hydrogen-bond donors (Lipinski definition) is 1. The topological polar surface area (TPSA) is 118 Å². The predicted molar refractivity (Wildman–Crippen MR) is 88.7 cm³/mol. The van der Waals surface area contributed by atoms with Crippen molar-refractivity contribution in [2.75, 3.05) is 13.1 Å². The Morgan fingerprint density at radius 1 is 1.40 bits per heavy atom. The van der Waals surface area contributed by atoms with Crippen LogP contribution < -0.4 is 0 Å². The second kappa shape index (κ2) is 5.77. The van der Waals surface area contributed by atoms with Gasteiger partial charge >= 0.3 is 5.97 Å². The Hall–Kier alpha value is -2.00. The number of sulfonamides is 1. The van der Waals surface area contributed by atoms with Crippen molar-refractivity contribution in [1.82, 2.24) is 4.31 Å². The van der Waals surface area contributed by atoms with E-state index in [1.54, 1.807) is 6.92 Å². The molecule has 0 unspecified atom stereocenters. The molecule has 2 aliphatic rings. The van der Waals surface area contributed by atoms with Crippen LogP contribution >= 0.6 is 0 Å². The number of nitro groups is 1. The zero-order valence-electron chi connectivity index (χ0n) is 14.1. The summed E-state index contributed by atoms with van der Waals surface area (Å²) in [4.78, 5) is 22.3. The zero-order valence-corrected chi connectivity index (χ0v) is 14.9. The molecule has 1 saturated heterocycles. The summed E-state index contributed by atoms with van der Waals surface area (Å²) in [5, 5.41) is 20.8. The van der Waals surface area contributed by atoms with Crippen LogP contribution in [-0.2, 0) is 14.8 Å². The molecule has 0 aromatic heterocycles. The van der Waals surface area contributed by atoms with Crippen molar-refractivity contribution in [3.05, 3.63) is 33.4 Å². The van der Waals surface area contributed by atoms with Crippen LogP contribution in [0.25, 0.3) is 0 Å². The van der Waals surface area contributed by atoms with Gasteiger partial charge in [0.1, 0.15) is 0 Å². The number of rotatable bonds is 4. The van der Waals surface area contributed by atoms with E-state index in [2.05, 4.69) is 0 Å². The number of carboxylic acid groups (broad SMARTS) is 1. The number of carboxylic acids is 1. The van der Waals surface area contributed by atoms with E-state index in [1.807, 2.05) is 0 Å². The smallest absolute Gasteiger partial charge is 0.311 e.